The van der Waals surface area contributed by atoms with E-state index in [1.807, 2.05) is 39.0 Å². The Bertz CT molecular complexity index is 892. The van der Waals surface area contributed by atoms with Crippen molar-refractivity contribution in [1.29, 1.82) is 0 Å². The van der Waals surface area contributed by atoms with Crippen LogP contribution in [0, 0.1) is 30.9 Å². The van der Waals surface area contributed by atoms with Crippen molar-refractivity contribution in [2.24, 2.45) is 0 Å². The molecule has 0 bridgehead atoms. The van der Waals surface area contributed by atoms with Gasteiger partial charge in [0.05, 0.1) is 16.5 Å². The summed E-state index contributed by atoms with van der Waals surface area (Å²) in [7, 11) is 0. The number of nitro benzene ring substituents is 1. The summed E-state index contributed by atoms with van der Waals surface area (Å²) >= 11 is 0. The van der Waals surface area contributed by atoms with Gasteiger partial charge in [0.2, 0.25) is 0 Å². The molecule has 27 heavy (non-hydrogen) atoms. The van der Waals surface area contributed by atoms with Crippen LogP contribution in [0.1, 0.15) is 45.6 Å². The second kappa shape index (κ2) is 8.44. The molecule has 0 spiro atoms. The van der Waals surface area contributed by atoms with Crippen molar-refractivity contribution in [1.82, 2.24) is 5.32 Å². The summed E-state index contributed by atoms with van der Waals surface area (Å²) < 4.78 is 5.00. The zero-order chi connectivity index (χ0) is 20.1. The van der Waals surface area contributed by atoms with Gasteiger partial charge in [-0.25, -0.2) is 4.79 Å². The minimum absolute atomic E-state index is 0.0773. The van der Waals surface area contributed by atoms with Crippen molar-refractivity contribution in [3.05, 3.63) is 74.3 Å². The molecule has 2 aromatic carbocycles. The molecule has 2 rings (SSSR count). The van der Waals surface area contributed by atoms with Crippen LogP contribution >= 0.6 is 0 Å². The molecule has 142 valence electrons. The minimum Gasteiger partial charge on any atom is -0.452 e. The van der Waals surface area contributed by atoms with Crippen LogP contribution in [0.4, 0.5) is 5.69 Å². The molecule has 7 heteroatoms. The van der Waals surface area contributed by atoms with Gasteiger partial charge < -0.3 is 10.1 Å². The third kappa shape index (κ3) is 5.13. The van der Waals surface area contributed by atoms with Crippen molar-refractivity contribution >= 4 is 17.6 Å². The largest absolute Gasteiger partial charge is 0.452 e. The van der Waals surface area contributed by atoms with E-state index in [1.165, 1.54) is 30.7 Å². The van der Waals surface area contributed by atoms with Gasteiger partial charge in [-0.3, -0.25) is 14.9 Å². The lowest BCUT2D eigenvalue weighted by molar-refractivity contribution is -0.385. The van der Waals surface area contributed by atoms with Crippen LogP contribution in [0.2, 0.25) is 0 Å². The lowest BCUT2D eigenvalue weighted by Crippen LogP contribution is -2.31. The molecule has 0 aliphatic rings. The van der Waals surface area contributed by atoms with E-state index in [0.29, 0.717) is 5.56 Å². The Labute approximate surface area is 157 Å². The highest BCUT2D eigenvalue weighted by Crippen LogP contribution is 2.19. The first-order chi connectivity index (χ1) is 12.7. The summed E-state index contributed by atoms with van der Waals surface area (Å²) in [4.78, 5) is 34.4. The monoisotopic (exact) mass is 370 g/mol. The van der Waals surface area contributed by atoms with Crippen LogP contribution < -0.4 is 5.32 Å². The van der Waals surface area contributed by atoms with Gasteiger partial charge in [-0.15, -0.1) is 0 Å². The Kier molecular flexibility index (Phi) is 6.28. The topological polar surface area (TPSA) is 98.5 Å². The molecule has 0 fully saturated rings. The summed E-state index contributed by atoms with van der Waals surface area (Å²) in [6.07, 6.45) is 0. The first kappa shape index (κ1) is 20.1. The number of rotatable bonds is 6. The number of benzene rings is 2. The lowest BCUT2D eigenvalue weighted by atomic mass is 10.0. The van der Waals surface area contributed by atoms with Crippen LogP contribution in [0.5, 0.6) is 0 Å². The predicted octanol–water partition coefficient (Wildman–Crippen LogP) is 3.55. The van der Waals surface area contributed by atoms with E-state index < -0.39 is 23.4 Å². The first-order valence-corrected chi connectivity index (χ1v) is 8.47. The summed E-state index contributed by atoms with van der Waals surface area (Å²) in [6, 6.07) is 9.64. The summed E-state index contributed by atoms with van der Waals surface area (Å²) in [6.45, 7) is 6.98. The standard InChI is InChI=1S/C20H22N2O5/c1-12-5-6-16(9-13(12)2)15(4)21-19(23)11-27-20(24)17-7-8-18(22(25)26)14(3)10-17/h5-10,15H,11H2,1-4H3,(H,21,23)/t15-/m0/s1. The SMILES string of the molecule is Cc1ccc([C@H](C)NC(=O)COC(=O)c2ccc([N+](=O)[O-])c(C)c2)cc1C. The molecule has 0 unspecified atom stereocenters. The fourth-order valence-electron chi connectivity index (χ4n) is 2.60. The van der Waals surface area contributed by atoms with Crippen molar-refractivity contribution in [2.45, 2.75) is 33.7 Å². The number of hydrogen-bond acceptors (Lipinski definition) is 5. The molecule has 1 atom stereocenters. The van der Waals surface area contributed by atoms with Gasteiger partial charge in [0.1, 0.15) is 0 Å². The Morgan fingerprint density at radius 3 is 2.37 bits per heavy atom. The third-order valence-corrected chi connectivity index (χ3v) is 4.37. The van der Waals surface area contributed by atoms with E-state index >= 15 is 0 Å². The fourth-order valence-corrected chi connectivity index (χ4v) is 2.60. The molecule has 0 saturated heterocycles. The van der Waals surface area contributed by atoms with Crippen LogP contribution in [-0.4, -0.2) is 23.4 Å². The van der Waals surface area contributed by atoms with Gasteiger partial charge >= 0.3 is 5.97 Å². The highest BCUT2D eigenvalue weighted by molar-refractivity contribution is 5.91. The van der Waals surface area contributed by atoms with Crippen LogP contribution in [0.25, 0.3) is 0 Å². The quantitative estimate of drug-likeness (QED) is 0.476. The van der Waals surface area contributed by atoms with Crippen molar-refractivity contribution in [3.8, 4) is 0 Å². The number of nitro groups is 1. The fraction of sp³-hybridized carbons (Fsp3) is 0.300. The van der Waals surface area contributed by atoms with Crippen LogP contribution in [0.3, 0.4) is 0 Å². The number of ether oxygens (including phenoxy) is 1. The van der Waals surface area contributed by atoms with Crippen molar-refractivity contribution < 1.29 is 19.2 Å². The maximum absolute atomic E-state index is 12.0. The van der Waals surface area contributed by atoms with Gasteiger partial charge in [0.25, 0.3) is 11.6 Å². The van der Waals surface area contributed by atoms with Gasteiger partial charge in [-0.1, -0.05) is 18.2 Å². The first-order valence-electron chi connectivity index (χ1n) is 8.47. The average molecular weight is 370 g/mol. The highest BCUT2D eigenvalue weighted by Gasteiger charge is 2.16. The summed E-state index contributed by atoms with van der Waals surface area (Å²) in [5, 5.41) is 13.6. The molecule has 0 heterocycles. The lowest BCUT2D eigenvalue weighted by Gasteiger charge is -2.16. The maximum Gasteiger partial charge on any atom is 0.338 e. The Morgan fingerprint density at radius 1 is 1.07 bits per heavy atom. The average Bonchev–Trinajstić information content (AvgIpc) is 2.61. The number of nitrogens with one attached hydrogen (secondary N) is 1. The second-order valence-electron chi connectivity index (χ2n) is 6.47. The van der Waals surface area contributed by atoms with E-state index in [2.05, 4.69) is 5.32 Å². The number of amides is 1. The molecular weight excluding hydrogens is 348 g/mol. The number of carbonyl (C=O) groups is 2. The summed E-state index contributed by atoms with van der Waals surface area (Å²) in [5.74, 6) is -1.13. The van der Waals surface area contributed by atoms with Crippen molar-refractivity contribution in [3.63, 3.8) is 0 Å². The van der Waals surface area contributed by atoms with Crippen molar-refractivity contribution in [2.75, 3.05) is 6.61 Å². The Balaban J connectivity index is 1.92. The number of hydrogen-bond donors (Lipinski definition) is 1. The molecule has 0 saturated carbocycles. The smallest absolute Gasteiger partial charge is 0.338 e. The van der Waals surface area contributed by atoms with Crippen LogP contribution in [-0.2, 0) is 9.53 Å². The van der Waals surface area contributed by atoms with E-state index in [4.69, 9.17) is 4.74 Å². The Hall–Kier alpha value is -3.22. The second-order valence-corrected chi connectivity index (χ2v) is 6.47. The van der Waals surface area contributed by atoms with E-state index in [-0.39, 0.29) is 17.3 Å². The van der Waals surface area contributed by atoms with Gasteiger partial charge in [0.15, 0.2) is 6.61 Å². The summed E-state index contributed by atoms with van der Waals surface area (Å²) in [5.41, 5.74) is 3.70. The molecule has 0 aliphatic heterocycles. The zero-order valence-electron chi connectivity index (χ0n) is 15.7. The van der Waals surface area contributed by atoms with E-state index in [1.54, 1.807) is 0 Å². The molecule has 1 N–H and O–H groups in total. The van der Waals surface area contributed by atoms with Gasteiger partial charge in [-0.2, -0.15) is 0 Å². The number of nitrogens with zero attached hydrogens (tertiary/aromatic N) is 1. The molecule has 0 aliphatic carbocycles. The number of esters is 1. The van der Waals surface area contributed by atoms with E-state index in [9.17, 15) is 19.7 Å². The predicted molar refractivity (Wildman–Crippen MR) is 101 cm³/mol. The molecule has 2 aromatic rings. The number of aryl methyl sites for hydroxylation is 3. The maximum atomic E-state index is 12.0. The van der Waals surface area contributed by atoms with Gasteiger partial charge in [-0.05, 0) is 56.5 Å². The molecule has 0 radical (unpaired) electrons. The number of carbonyl (C=O) groups excluding carboxylic acids is 2. The molecule has 7 nitrogen and oxygen atoms in total. The van der Waals surface area contributed by atoms with E-state index in [0.717, 1.165) is 11.1 Å². The van der Waals surface area contributed by atoms with Crippen LogP contribution in [0.15, 0.2) is 36.4 Å². The Morgan fingerprint density at radius 2 is 1.78 bits per heavy atom. The molecule has 0 aromatic heterocycles. The molecular formula is C20H22N2O5. The third-order valence-electron chi connectivity index (χ3n) is 4.37. The minimum atomic E-state index is -0.706. The van der Waals surface area contributed by atoms with Gasteiger partial charge in [0, 0.05) is 11.6 Å². The molecule has 1 amide bonds. The normalized spacial score (nSPS) is 11.6. The zero-order valence-corrected chi connectivity index (χ0v) is 15.7. The highest BCUT2D eigenvalue weighted by atomic mass is 16.6.